The molecule has 3 aromatic rings. The van der Waals surface area contributed by atoms with Crippen LogP contribution in [0.15, 0.2) is 48.7 Å². The van der Waals surface area contributed by atoms with Crippen molar-refractivity contribution in [3.63, 3.8) is 0 Å². The summed E-state index contributed by atoms with van der Waals surface area (Å²) in [5.74, 6) is 0.102. The summed E-state index contributed by atoms with van der Waals surface area (Å²) in [6, 6.07) is 13.3. The standard InChI is InChI=1S/C27H31ClN6O3/c1-17(35)25(36)20-7-5-6-8-22(20)30-26-21(28)16-29-27(32-26)31-23-10-9-19(15-24(23)37-4)34-13-11-18(12-14-34)33(2)3/h5-10,15-16,18H,11-14H2,1-4H3,(H2,29,30,31,32). The Balaban J connectivity index is 1.53. The van der Waals surface area contributed by atoms with Crippen molar-refractivity contribution in [2.24, 2.45) is 0 Å². The van der Waals surface area contributed by atoms with E-state index < -0.39 is 11.6 Å². The second-order valence-electron chi connectivity index (χ2n) is 9.14. The maximum atomic E-state index is 12.3. The van der Waals surface area contributed by atoms with E-state index in [1.54, 1.807) is 31.4 Å². The van der Waals surface area contributed by atoms with Crippen molar-refractivity contribution in [1.29, 1.82) is 0 Å². The monoisotopic (exact) mass is 522 g/mol. The molecule has 2 N–H and O–H groups in total. The van der Waals surface area contributed by atoms with Gasteiger partial charge in [-0.25, -0.2) is 4.98 Å². The van der Waals surface area contributed by atoms with Gasteiger partial charge >= 0.3 is 0 Å². The molecule has 0 radical (unpaired) electrons. The second-order valence-corrected chi connectivity index (χ2v) is 9.54. The Kier molecular flexibility index (Phi) is 8.25. The highest BCUT2D eigenvalue weighted by atomic mass is 35.5. The molecule has 0 amide bonds. The number of aromatic nitrogens is 2. The Hall–Kier alpha value is -3.69. The average molecular weight is 523 g/mol. The van der Waals surface area contributed by atoms with Crippen molar-refractivity contribution < 1.29 is 14.3 Å². The molecule has 0 aliphatic carbocycles. The molecule has 4 rings (SSSR count). The fourth-order valence-corrected chi connectivity index (χ4v) is 4.50. The van der Waals surface area contributed by atoms with Crippen molar-refractivity contribution in [2.45, 2.75) is 25.8 Å². The van der Waals surface area contributed by atoms with Gasteiger partial charge in [0.2, 0.25) is 11.7 Å². The van der Waals surface area contributed by atoms with Crippen LogP contribution in [-0.4, -0.2) is 66.8 Å². The minimum Gasteiger partial charge on any atom is -0.494 e. The molecular weight excluding hydrogens is 492 g/mol. The maximum absolute atomic E-state index is 12.3. The summed E-state index contributed by atoms with van der Waals surface area (Å²) in [5.41, 5.74) is 2.47. The van der Waals surface area contributed by atoms with E-state index in [-0.39, 0.29) is 10.6 Å². The third kappa shape index (κ3) is 6.18. The van der Waals surface area contributed by atoms with Crippen LogP contribution in [0.3, 0.4) is 0 Å². The molecule has 0 spiro atoms. The summed E-state index contributed by atoms with van der Waals surface area (Å²) in [6.45, 7) is 3.21. The number of ether oxygens (including phenoxy) is 1. The van der Waals surface area contributed by atoms with E-state index in [9.17, 15) is 9.59 Å². The van der Waals surface area contributed by atoms with E-state index in [1.165, 1.54) is 13.1 Å². The Labute approximate surface area is 221 Å². The first kappa shape index (κ1) is 26.4. The summed E-state index contributed by atoms with van der Waals surface area (Å²) in [6.07, 6.45) is 3.69. The number of benzene rings is 2. The highest BCUT2D eigenvalue weighted by molar-refractivity contribution is 6.44. The molecule has 0 unspecified atom stereocenters. The molecule has 37 heavy (non-hydrogen) atoms. The summed E-state index contributed by atoms with van der Waals surface area (Å²) < 4.78 is 5.66. The number of hydrogen-bond acceptors (Lipinski definition) is 9. The van der Waals surface area contributed by atoms with E-state index in [1.807, 2.05) is 12.1 Å². The lowest BCUT2D eigenvalue weighted by molar-refractivity contribution is -0.113. The molecule has 1 aliphatic rings. The summed E-state index contributed by atoms with van der Waals surface area (Å²) in [5, 5.41) is 6.51. The maximum Gasteiger partial charge on any atom is 0.230 e. The third-order valence-corrected chi connectivity index (χ3v) is 6.76. The summed E-state index contributed by atoms with van der Waals surface area (Å²) >= 11 is 6.34. The SMILES string of the molecule is COc1cc(N2CCC(N(C)C)CC2)ccc1Nc1ncc(Cl)c(Nc2ccccc2C(=O)C(C)=O)n1. The molecule has 1 aromatic heterocycles. The van der Waals surface area contributed by atoms with E-state index in [0.717, 1.165) is 31.6 Å². The number of carbonyl (C=O) groups excluding carboxylic acids is 2. The largest absolute Gasteiger partial charge is 0.494 e. The van der Waals surface area contributed by atoms with Crippen LogP contribution in [0.5, 0.6) is 5.75 Å². The Morgan fingerprint density at radius 3 is 2.49 bits per heavy atom. The van der Waals surface area contributed by atoms with Crippen LogP contribution >= 0.6 is 11.6 Å². The number of nitrogens with zero attached hydrogens (tertiary/aromatic N) is 4. The highest BCUT2D eigenvalue weighted by Crippen LogP contribution is 2.34. The number of ketones is 2. The van der Waals surface area contributed by atoms with Crippen molar-refractivity contribution in [3.05, 3.63) is 59.2 Å². The average Bonchev–Trinajstić information content (AvgIpc) is 2.90. The number of hydrogen-bond donors (Lipinski definition) is 2. The third-order valence-electron chi connectivity index (χ3n) is 6.48. The lowest BCUT2D eigenvalue weighted by Gasteiger charge is -2.36. The fraction of sp³-hybridized carbons (Fsp3) is 0.333. The topological polar surface area (TPSA) is 99.7 Å². The lowest BCUT2D eigenvalue weighted by atomic mass is 10.0. The molecule has 2 heterocycles. The van der Waals surface area contributed by atoms with E-state index in [4.69, 9.17) is 16.3 Å². The minimum atomic E-state index is -0.595. The zero-order valence-electron chi connectivity index (χ0n) is 21.4. The van der Waals surface area contributed by atoms with E-state index >= 15 is 0 Å². The Morgan fingerprint density at radius 1 is 1.08 bits per heavy atom. The van der Waals surface area contributed by atoms with Crippen LogP contribution in [0.4, 0.5) is 28.8 Å². The van der Waals surface area contributed by atoms with Gasteiger partial charge in [0.1, 0.15) is 10.8 Å². The molecule has 1 saturated heterocycles. The van der Waals surface area contributed by atoms with Gasteiger partial charge in [-0.2, -0.15) is 4.98 Å². The molecule has 9 nitrogen and oxygen atoms in total. The van der Waals surface area contributed by atoms with Crippen LogP contribution < -0.4 is 20.3 Å². The van der Waals surface area contributed by atoms with Crippen molar-refractivity contribution in [1.82, 2.24) is 14.9 Å². The Bertz CT molecular complexity index is 1290. The number of piperidine rings is 1. The van der Waals surface area contributed by atoms with Gasteiger partial charge in [0.15, 0.2) is 11.6 Å². The number of anilines is 5. The molecule has 0 saturated carbocycles. The molecular formula is C27H31ClN6O3. The van der Waals surface area contributed by atoms with E-state index in [2.05, 4.69) is 50.6 Å². The predicted molar refractivity (Wildman–Crippen MR) is 147 cm³/mol. The normalized spacial score (nSPS) is 13.9. The highest BCUT2D eigenvalue weighted by Gasteiger charge is 2.22. The van der Waals surface area contributed by atoms with Gasteiger partial charge in [0.25, 0.3) is 0 Å². The first-order chi connectivity index (χ1) is 17.8. The molecule has 194 valence electrons. The smallest absolute Gasteiger partial charge is 0.230 e. The number of Topliss-reactive ketones (excluding diaryl/α,β-unsaturated/α-hetero) is 2. The van der Waals surface area contributed by atoms with Gasteiger partial charge in [-0.15, -0.1) is 0 Å². The zero-order valence-corrected chi connectivity index (χ0v) is 22.2. The van der Waals surface area contributed by atoms with Gasteiger partial charge in [-0.05, 0) is 51.2 Å². The van der Waals surface area contributed by atoms with Crippen molar-refractivity contribution in [3.8, 4) is 5.75 Å². The zero-order chi connectivity index (χ0) is 26.5. The van der Waals surface area contributed by atoms with Crippen molar-refractivity contribution in [2.75, 3.05) is 49.8 Å². The van der Waals surface area contributed by atoms with Crippen LogP contribution in [0.1, 0.15) is 30.1 Å². The van der Waals surface area contributed by atoms with Crippen molar-refractivity contribution >= 4 is 52.0 Å². The molecule has 1 fully saturated rings. The molecule has 0 bridgehead atoms. The van der Waals surface area contributed by atoms with Gasteiger partial charge in [-0.3, -0.25) is 9.59 Å². The number of para-hydroxylation sites is 1. The molecule has 10 heteroatoms. The lowest BCUT2D eigenvalue weighted by Crippen LogP contribution is -2.41. The van der Waals surface area contributed by atoms with Crippen LogP contribution in [-0.2, 0) is 4.79 Å². The minimum absolute atomic E-state index is 0.242. The predicted octanol–water partition coefficient (Wildman–Crippen LogP) is 4.93. The van der Waals surface area contributed by atoms with Gasteiger partial charge < -0.3 is 25.2 Å². The van der Waals surface area contributed by atoms with Crippen LogP contribution in [0, 0.1) is 0 Å². The second kappa shape index (κ2) is 11.6. The fourth-order valence-electron chi connectivity index (χ4n) is 4.36. The Morgan fingerprint density at radius 2 is 1.81 bits per heavy atom. The number of methoxy groups -OCH3 is 1. The molecule has 1 aliphatic heterocycles. The quantitative estimate of drug-likeness (QED) is 0.299. The van der Waals surface area contributed by atoms with Gasteiger partial charge in [0, 0.05) is 43.4 Å². The summed E-state index contributed by atoms with van der Waals surface area (Å²) in [7, 11) is 5.89. The van der Waals surface area contributed by atoms with Crippen LogP contribution in [0.2, 0.25) is 5.02 Å². The summed E-state index contributed by atoms with van der Waals surface area (Å²) in [4.78, 5) is 37.4. The first-order valence-corrected chi connectivity index (χ1v) is 12.4. The number of nitrogens with one attached hydrogen (secondary N) is 2. The van der Waals surface area contributed by atoms with Gasteiger partial charge in [-0.1, -0.05) is 23.7 Å². The van der Waals surface area contributed by atoms with E-state index in [0.29, 0.717) is 34.9 Å². The van der Waals surface area contributed by atoms with Crippen LogP contribution in [0.25, 0.3) is 0 Å². The molecule has 0 atom stereocenters. The number of halogens is 1. The number of carbonyl (C=O) groups is 2. The van der Waals surface area contributed by atoms with Gasteiger partial charge in [0.05, 0.1) is 24.7 Å². The first-order valence-electron chi connectivity index (χ1n) is 12.1. The number of rotatable bonds is 9. The molecule has 2 aromatic carbocycles.